The molecule has 3 amide bonds. The molecule has 7 nitrogen and oxygen atoms in total. The Balaban J connectivity index is 1.45. The van der Waals surface area contributed by atoms with Gasteiger partial charge in [0.2, 0.25) is 5.91 Å². The molecular formula is C21H27N4O3S+. The van der Waals surface area contributed by atoms with E-state index in [1.807, 2.05) is 36.6 Å². The molecule has 1 aromatic carbocycles. The fraction of sp³-hybridized carbons (Fsp3) is 0.381. The van der Waals surface area contributed by atoms with Gasteiger partial charge in [0.05, 0.1) is 13.1 Å². The number of thiophene rings is 1. The van der Waals surface area contributed by atoms with E-state index >= 15 is 0 Å². The predicted octanol–water partition coefficient (Wildman–Crippen LogP) is 1.03. The topological polar surface area (TPSA) is 82.9 Å². The van der Waals surface area contributed by atoms with Crippen molar-refractivity contribution in [3.63, 3.8) is 0 Å². The predicted molar refractivity (Wildman–Crippen MR) is 114 cm³/mol. The molecule has 0 radical (unpaired) electrons. The lowest BCUT2D eigenvalue weighted by Crippen LogP contribution is -3.13. The van der Waals surface area contributed by atoms with Gasteiger partial charge < -0.3 is 20.4 Å². The lowest BCUT2D eigenvalue weighted by Gasteiger charge is -2.18. The average Bonchev–Trinajstić information content (AvgIpc) is 3.38. The molecule has 1 aliphatic heterocycles. The average molecular weight is 416 g/mol. The smallest absolute Gasteiger partial charge is 0.279 e. The van der Waals surface area contributed by atoms with E-state index in [1.54, 1.807) is 28.4 Å². The number of amides is 3. The van der Waals surface area contributed by atoms with E-state index in [0.717, 1.165) is 28.4 Å². The van der Waals surface area contributed by atoms with Gasteiger partial charge in [0.15, 0.2) is 13.1 Å². The molecule has 0 saturated carbocycles. The van der Waals surface area contributed by atoms with Gasteiger partial charge in [-0.2, -0.15) is 0 Å². The first-order chi connectivity index (χ1) is 14.0. The number of anilines is 2. The third kappa shape index (κ3) is 6.13. The Kier molecular flexibility index (Phi) is 7.37. The van der Waals surface area contributed by atoms with Crippen LogP contribution in [0, 0.1) is 0 Å². The molecule has 0 spiro atoms. The Bertz CT molecular complexity index is 836. The minimum atomic E-state index is -0.141. The normalized spacial score (nSPS) is 14.7. The molecule has 2 aromatic rings. The molecule has 1 saturated heterocycles. The van der Waals surface area contributed by atoms with Crippen LogP contribution in [-0.2, 0) is 20.9 Å². The van der Waals surface area contributed by atoms with Crippen LogP contribution in [-0.4, -0.2) is 43.9 Å². The Labute approximate surface area is 174 Å². The van der Waals surface area contributed by atoms with Crippen molar-refractivity contribution < 1.29 is 19.3 Å². The van der Waals surface area contributed by atoms with Crippen molar-refractivity contribution in [3.05, 3.63) is 46.7 Å². The molecule has 8 heteroatoms. The molecule has 3 N–H and O–H groups in total. The molecule has 1 fully saturated rings. The lowest BCUT2D eigenvalue weighted by molar-refractivity contribution is -0.881. The number of carbonyl (C=O) groups excluding carboxylic acids is 3. The molecule has 1 aliphatic rings. The molecule has 0 bridgehead atoms. The van der Waals surface area contributed by atoms with Crippen LogP contribution in [0.2, 0.25) is 0 Å². The molecule has 29 heavy (non-hydrogen) atoms. The zero-order valence-electron chi connectivity index (χ0n) is 16.6. The van der Waals surface area contributed by atoms with E-state index < -0.39 is 0 Å². The van der Waals surface area contributed by atoms with Gasteiger partial charge in [0, 0.05) is 29.2 Å². The fourth-order valence-electron chi connectivity index (χ4n) is 3.28. The standard InChI is InChI=1S/C21H26N4O3S/c1-2-24(14-19(26)22-13-18-5-4-12-29-18)15-20(27)23-16-7-9-17(10-8-16)25-11-3-6-21(25)28/h4-5,7-10,12H,2-3,6,11,13-15H2,1H3,(H,22,26)(H,23,27)/p+1. The largest absolute Gasteiger partial charge is 0.346 e. The van der Waals surface area contributed by atoms with Crippen molar-refractivity contribution in [1.82, 2.24) is 5.32 Å². The lowest BCUT2D eigenvalue weighted by atomic mass is 10.2. The highest BCUT2D eigenvalue weighted by Gasteiger charge is 2.21. The van der Waals surface area contributed by atoms with E-state index in [9.17, 15) is 14.4 Å². The molecular weight excluding hydrogens is 388 g/mol. The third-order valence-corrected chi connectivity index (χ3v) is 5.77. The zero-order valence-corrected chi connectivity index (χ0v) is 17.4. The number of nitrogens with zero attached hydrogens (tertiary/aromatic N) is 1. The minimum absolute atomic E-state index is 0.0670. The van der Waals surface area contributed by atoms with Crippen molar-refractivity contribution >= 4 is 40.4 Å². The highest BCUT2D eigenvalue weighted by atomic mass is 32.1. The van der Waals surface area contributed by atoms with Crippen LogP contribution in [0.1, 0.15) is 24.6 Å². The Morgan fingerprint density at radius 2 is 1.90 bits per heavy atom. The van der Waals surface area contributed by atoms with E-state index in [-0.39, 0.29) is 30.8 Å². The summed E-state index contributed by atoms with van der Waals surface area (Å²) in [6.07, 6.45) is 1.48. The summed E-state index contributed by atoms with van der Waals surface area (Å²) in [5, 5.41) is 7.74. The van der Waals surface area contributed by atoms with Gasteiger partial charge in [-0.25, -0.2) is 0 Å². The van der Waals surface area contributed by atoms with Gasteiger partial charge in [0.25, 0.3) is 11.8 Å². The summed E-state index contributed by atoms with van der Waals surface area (Å²) < 4.78 is 0. The van der Waals surface area contributed by atoms with E-state index in [1.165, 1.54) is 0 Å². The SMILES string of the molecule is CC[NH+](CC(=O)NCc1cccs1)CC(=O)Nc1ccc(N2CCCC2=O)cc1. The second kappa shape index (κ2) is 10.2. The highest BCUT2D eigenvalue weighted by molar-refractivity contribution is 7.09. The summed E-state index contributed by atoms with van der Waals surface area (Å²) in [4.78, 5) is 40.1. The first-order valence-electron chi connectivity index (χ1n) is 9.88. The van der Waals surface area contributed by atoms with Gasteiger partial charge >= 0.3 is 0 Å². The summed E-state index contributed by atoms with van der Waals surface area (Å²) in [6.45, 7) is 4.37. The maximum absolute atomic E-state index is 12.4. The van der Waals surface area contributed by atoms with Crippen molar-refractivity contribution in [2.24, 2.45) is 0 Å². The number of carbonyl (C=O) groups is 3. The summed E-state index contributed by atoms with van der Waals surface area (Å²) >= 11 is 1.60. The zero-order chi connectivity index (χ0) is 20.6. The maximum atomic E-state index is 12.4. The van der Waals surface area contributed by atoms with Crippen molar-refractivity contribution in [2.45, 2.75) is 26.3 Å². The van der Waals surface area contributed by atoms with Crippen molar-refractivity contribution in [1.29, 1.82) is 0 Å². The minimum Gasteiger partial charge on any atom is -0.346 e. The molecule has 154 valence electrons. The van der Waals surface area contributed by atoms with Crippen LogP contribution in [0.3, 0.4) is 0 Å². The van der Waals surface area contributed by atoms with Gasteiger partial charge in [0.1, 0.15) is 0 Å². The second-order valence-electron chi connectivity index (χ2n) is 7.06. The van der Waals surface area contributed by atoms with E-state index in [0.29, 0.717) is 25.2 Å². The van der Waals surface area contributed by atoms with Crippen LogP contribution in [0.15, 0.2) is 41.8 Å². The highest BCUT2D eigenvalue weighted by Crippen LogP contribution is 2.22. The number of benzene rings is 1. The Morgan fingerprint density at radius 3 is 2.52 bits per heavy atom. The van der Waals surface area contributed by atoms with Crippen LogP contribution in [0.5, 0.6) is 0 Å². The number of rotatable bonds is 9. The monoisotopic (exact) mass is 415 g/mol. The van der Waals surface area contributed by atoms with Crippen LogP contribution in [0.4, 0.5) is 11.4 Å². The number of quaternary nitrogens is 1. The van der Waals surface area contributed by atoms with E-state index in [4.69, 9.17) is 0 Å². The third-order valence-electron chi connectivity index (χ3n) is 4.90. The summed E-state index contributed by atoms with van der Waals surface area (Å²) in [5.41, 5.74) is 1.54. The van der Waals surface area contributed by atoms with Crippen LogP contribution < -0.4 is 20.4 Å². The van der Waals surface area contributed by atoms with Crippen molar-refractivity contribution in [3.8, 4) is 0 Å². The first kappa shape index (κ1) is 21.0. The van der Waals surface area contributed by atoms with E-state index in [2.05, 4.69) is 10.6 Å². The second-order valence-corrected chi connectivity index (χ2v) is 8.09. The van der Waals surface area contributed by atoms with Gasteiger partial charge in [-0.15, -0.1) is 11.3 Å². The summed E-state index contributed by atoms with van der Waals surface area (Å²) in [7, 11) is 0. The quantitative estimate of drug-likeness (QED) is 0.572. The Morgan fingerprint density at radius 1 is 1.14 bits per heavy atom. The first-order valence-corrected chi connectivity index (χ1v) is 10.8. The maximum Gasteiger partial charge on any atom is 0.279 e. The molecule has 0 aliphatic carbocycles. The Hall–Kier alpha value is -2.71. The van der Waals surface area contributed by atoms with Crippen LogP contribution in [0.25, 0.3) is 0 Å². The molecule has 1 atom stereocenters. The molecule has 2 heterocycles. The van der Waals surface area contributed by atoms with Gasteiger partial charge in [-0.3, -0.25) is 14.4 Å². The van der Waals surface area contributed by atoms with Crippen molar-refractivity contribution in [2.75, 3.05) is 36.4 Å². The molecule has 1 aromatic heterocycles. The number of nitrogens with one attached hydrogen (secondary N) is 3. The van der Waals surface area contributed by atoms with Gasteiger partial charge in [-0.05, 0) is 49.1 Å². The van der Waals surface area contributed by atoms with Gasteiger partial charge in [-0.1, -0.05) is 6.07 Å². The number of hydrogen-bond donors (Lipinski definition) is 3. The van der Waals surface area contributed by atoms with Crippen LogP contribution >= 0.6 is 11.3 Å². The molecule has 3 rings (SSSR count). The number of likely N-dealkylation sites (N-methyl/N-ethyl adjacent to an activating group) is 1. The summed E-state index contributed by atoms with van der Waals surface area (Å²) in [6, 6.07) is 11.2. The number of hydrogen-bond acceptors (Lipinski definition) is 4. The summed E-state index contributed by atoms with van der Waals surface area (Å²) in [5.74, 6) is -0.0677. The fourth-order valence-corrected chi connectivity index (χ4v) is 3.92. The molecule has 1 unspecified atom stereocenters.